The first kappa shape index (κ1) is 12.0. The highest BCUT2D eigenvalue weighted by Gasteiger charge is 2.11. The smallest absolute Gasteiger partial charge is 0.149 e. The molecule has 0 amide bonds. The minimum Gasteiger partial charge on any atom is -0.479 e. The van der Waals surface area contributed by atoms with Gasteiger partial charge in [-0.15, -0.1) is 0 Å². The lowest BCUT2D eigenvalue weighted by atomic mass is 10.1. The van der Waals surface area contributed by atoms with Crippen molar-refractivity contribution in [2.75, 3.05) is 6.61 Å². The summed E-state index contributed by atoms with van der Waals surface area (Å²) < 4.78 is 5.74. The number of hydrogen-bond acceptors (Lipinski definition) is 2. The van der Waals surface area contributed by atoms with Crippen LogP contribution in [0.5, 0.6) is 5.75 Å². The van der Waals surface area contributed by atoms with Gasteiger partial charge in [-0.1, -0.05) is 42.9 Å². The number of rotatable bonds is 2. The van der Waals surface area contributed by atoms with Crippen LogP contribution >= 0.6 is 0 Å². The average molecular weight is 251 g/mol. The average Bonchev–Trinajstić information content (AvgIpc) is 2.97. The van der Waals surface area contributed by atoms with Crippen molar-refractivity contribution < 1.29 is 4.74 Å². The molecule has 0 N–H and O–H groups in total. The summed E-state index contributed by atoms with van der Waals surface area (Å²) in [7, 11) is 0. The number of benzene rings is 1. The fraction of sp³-hybridized carbons (Fsp3) is 0.353. The van der Waals surface area contributed by atoms with Crippen LogP contribution < -0.4 is 4.74 Å². The first-order chi connectivity index (χ1) is 9.43. The third kappa shape index (κ3) is 2.88. The van der Waals surface area contributed by atoms with Gasteiger partial charge in [-0.2, -0.15) is 0 Å². The molecule has 1 aromatic carbocycles. The molecule has 0 bridgehead atoms. The number of aromatic nitrogens is 1. The molecule has 1 aromatic heterocycles. The van der Waals surface area contributed by atoms with E-state index in [2.05, 4.69) is 16.8 Å². The van der Waals surface area contributed by atoms with Gasteiger partial charge in [-0.05, 0) is 25.0 Å². The minimum absolute atomic E-state index is 0.451. The van der Waals surface area contributed by atoms with Crippen molar-refractivity contribution in [3.05, 3.63) is 36.5 Å². The van der Waals surface area contributed by atoms with Crippen molar-refractivity contribution in [2.24, 2.45) is 5.92 Å². The second-order valence-electron chi connectivity index (χ2n) is 4.92. The first-order valence-electron chi connectivity index (χ1n) is 6.88. The highest BCUT2D eigenvalue weighted by Crippen LogP contribution is 2.24. The molecule has 1 saturated carbocycles. The van der Waals surface area contributed by atoms with E-state index in [4.69, 9.17) is 4.74 Å². The third-order valence-corrected chi connectivity index (χ3v) is 3.56. The monoisotopic (exact) mass is 251 g/mol. The fourth-order valence-electron chi connectivity index (χ4n) is 2.56. The highest BCUT2D eigenvalue weighted by molar-refractivity contribution is 5.84. The van der Waals surface area contributed by atoms with Gasteiger partial charge in [0.15, 0.2) is 0 Å². The standard InChI is InChI=1S/C17H17NO/c1-2-7-14(6-1)8-5-13-19-16-11-3-9-15-10-4-12-18-17(15)16/h3-4,9-12,14H,1-2,6-7,13H2. The van der Waals surface area contributed by atoms with Crippen molar-refractivity contribution in [1.82, 2.24) is 4.98 Å². The van der Waals surface area contributed by atoms with Gasteiger partial charge in [0.2, 0.25) is 0 Å². The Morgan fingerprint density at radius 1 is 1.16 bits per heavy atom. The van der Waals surface area contributed by atoms with Gasteiger partial charge >= 0.3 is 0 Å². The number of nitrogens with zero attached hydrogens (tertiary/aromatic N) is 1. The van der Waals surface area contributed by atoms with E-state index >= 15 is 0 Å². The lowest BCUT2D eigenvalue weighted by Crippen LogP contribution is -1.96. The topological polar surface area (TPSA) is 22.1 Å². The first-order valence-corrected chi connectivity index (χ1v) is 6.88. The van der Waals surface area contributed by atoms with Crippen LogP contribution in [0.4, 0.5) is 0 Å². The van der Waals surface area contributed by atoms with Crippen LogP contribution in [0.1, 0.15) is 25.7 Å². The van der Waals surface area contributed by atoms with E-state index in [0.717, 1.165) is 16.7 Å². The zero-order chi connectivity index (χ0) is 12.9. The van der Waals surface area contributed by atoms with Crippen LogP contribution in [0.15, 0.2) is 36.5 Å². The van der Waals surface area contributed by atoms with Gasteiger partial charge in [-0.25, -0.2) is 0 Å². The van der Waals surface area contributed by atoms with Crippen LogP contribution in [0, 0.1) is 17.8 Å². The number of hydrogen-bond donors (Lipinski definition) is 0. The normalized spacial score (nSPS) is 15.2. The molecule has 96 valence electrons. The molecule has 0 saturated heterocycles. The van der Waals surface area contributed by atoms with Gasteiger partial charge < -0.3 is 4.74 Å². The Morgan fingerprint density at radius 3 is 2.89 bits per heavy atom. The molecule has 0 aliphatic heterocycles. The molecule has 2 nitrogen and oxygen atoms in total. The van der Waals surface area contributed by atoms with Crippen LogP contribution in [-0.4, -0.2) is 11.6 Å². The number of pyridine rings is 1. The summed E-state index contributed by atoms with van der Waals surface area (Å²) >= 11 is 0. The highest BCUT2D eigenvalue weighted by atomic mass is 16.5. The molecule has 0 unspecified atom stereocenters. The van der Waals surface area contributed by atoms with Crippen LogP contribution in [0.2, 0.25) is 0 Å². The van der Waals surface area contributed by atoms with Crippen LogP contribution in [0.3, 0.4) is 0 Å². The quantitative estimate of drug-likeness (QED) is 0.757. The molecule has 1 fully saturated rings. The minimum atomic E-state index is 0.451. The zero-order valence-corrected chi connectivity index (χ0v) is 10.9. The largest absolute Gasteiger partial charge is 0.479 e. The molecule has 19 heavy (non-hydrogen) atoms. The van der Waals surface area contributed by atoms with E-state index in [-0.39, 0.29) is 0 Å². The summed E-state index contributed by atoms with van der Waals surface area (Å²) in [5, 5.41) is 1.10. The molecule has 2 aromatic rings. The lowest BCUT2D eigenvalue weighted by molar-refractivity contribution is 0.373. The third-order valence-electron chi connectivity index (χ3n) is 3.56. The number of fused-ring (bicyclic) bond motifs is 1. The van der Waals surface area contributed by atoms with Gasteiger partial charge in [0.25, 0.3) is 0 Å². The molecule has 1 aliphatic carbocycles. The number of para-hydroxylation sites is 1. The van der Waals surface area contributed by atoms with Crippen molar-refractivity contribution in [3.63, 3.8) is 0 Å². The molecule has 3 rings (SSSR count). The van der Waals surface area contributed by atoms with E-state index in [1.807, 2.05) is 30.3 Å². The lowest BCUT2D eigenvalue weighted by Gasteiger charge is -2.05. The number of ether oxygens (including phenoxy) is 1. The van der Waals surface area contributed by atoms with Crippen LogP contribution in [0.25, 0.3) is 10.9 Å². The molecule has 1 heterocycles. The van der Waals surface area contributed by atoms with E-state index in [1.165, 1.54) is 25.7 Å². The second kappa shape index (κ2) is 5.75. The molecule has 0 radical (unpaired) electrons. The molecule has 1 aliphatic rings. The van der Waals surface area contributed by atoms with Gasteiger partial charge in [0.1, 0.15) is 17.9 Å². The Balaban J connectivity index is 1.68. The summed E-state index contributed by atoms with van der Waals surface area (Å²) in [6.45, 7) is 0.451. The van der Waals surface area contributed by atoms with Crippen molar-refractivity contribution in [2.45, 2.75) is 25.7 Å². The van der Waals surface area contributed by atoms with E-state index in [9.17, 15) is 0 Å². The Kier molecular flexibility index (Phi) is 3.65. The predicted molar refractivity (Wildman–Crippen MR) is 77.0 cm³/mol. The van der Waals surface area contributed by atoms with Crippen LogP contribution in [-0.2, 0) is 0 Å². The second-order valence-corrected chi connectivity index (χ2v) is 4.92. The molecular formula is C17H17NO. The Hall–Kier alpha value is -2.01. The Bertz CT molecular complexity index is 612. The summed E-state index contributed by atoms with van der Waals surface area (Å²) in [6.07, 6.45) is 6.95. The Labute approximate surface area is 113 Å². The SMILES string of the molecule is C(#CC1CCCC1)COc1cccc2cccnc12. The van der Waals surface area contributed by atoms with E-state index in [1.54, 1.807) is 6.20 Å². The summed E-state index contributed by atoms with van der Waals surface area (Å²) in [5.74, 6) is 7.86. The van der Waals surface area contributed by atoms with E-state index in [0.29, 0.717) is 12.5 Å². The van der Waals surface area contributed by atoms with Crippen molar-refractivity contribution in [1.29, 1.82) is 0 Å². The van der Waals surface area contributed by atoms with E-state index < -0.39 is 0 Å². The molecular weight excluding hydrogens is 234 g/mol. The maximum Gasteiger partial charge on any atom is 0.149 e. The fourth-order valence-corrected chi connectivity index (χ4v) is 2.56. The predicted octanol–water partition coefficient (Wildman–Crippen LogP) is 3.81. The Morgan fingerprint density at radius 2 is 2.00 bits per heavy atom. The zero-order valence-electron chi connectivity index (χ0n) is 10.9. The van der Waals surface area contributed by atoms with Crippen molar-refractivity contribution >= 4 is 10.9 Å². The van der Waals surface area contributed by atoms with Gasteiger partial charge in [-0.3, -0.25) is 4.98 Å². The van der Waals surface area contributed by atoms with Crippen molar-refractivity contribution in [3.8, 4) is 17.6 Å². The maximum atomic E-state index is 5.74. The summed E-state index contributed by atoms with van der Waals surface area (Å²) in [4.78, 5) is 4.36. The molecule has 0 spiro atoms. The summed E-state index contributed by atoms with van der Waals surface area (Å²) in [5.41, 5.74) is 0.910. The van der Waals surface area contributed by atoms with Gasteiger partial charge in [0, 0.05) is 17.5 Å². The molecule has 2 heteroatoms. The maximum absolute atomic E-state index is 5.74. The van der Waals surface area contributed by atoms with Gasteiger partial charge in [0.05, 0.1) is 0 Å². The molecule has 0 atom stereocenters. The summed E-state index contributed by atoms with van der Waals surface area (Å²) in [6, 6.07) is 9.96.